The molecule has 0 saturated carbocycles. The summed E-state index contributed by atoms with van der Waals surface area (Å²) in [5.41, 5.74) is 1.28. The third-order valence-electron chi connectivity index (χ3n) is 1.81. The van der Waals surface area contributed by atoms with Gasteiger partial charge in [0.05, 0.1) is 0 Å². The minimum absolute atomic E-state index is 0.776. The van der Waals surface area contributed by atoms with Gasteiger partial charge in [0.1, 0.15) is 5.76 Å². The van der Waals surface area contributed by atoms with Gasteiger partial charge in [-0.1, -0.05) is 12.5 Å². The number of nitrogens with one attached hydrogen (secondary N) is 1. The predicted octanol–water partition coefficient (Wildman–Crippen LogP) is 3.45. The maximum absolute atomic E-state index is 5.37. The molecule has 0 unspecified atom stereocenters. The number of hydrogen-bond acceptors (Lipinski definition) is 2. The molecule has 0 aliphatic heterocycles. The highest BCUT2D eigenvalue weighted by atomic mass is 79.9. The summed E-state index contributed by atoms with van der Waals surface area (Å²) in [6, 6.07) is 3.85. The zero-order valence-electron chi connectivity index (χ0n) is 8.64. The minimum Gasteiger partial charge on any atom is -0.450 e. The summed E-state index contributed by atoms with van der Waals surface area (Å²) in [6.45, 7) is 6.24. The maximum Gasteiger partial charge on any atom is 0.169 e. The molecule has 1 aromatic rings. The van der Waals surface area contributed by atoms with E-state index < -0.39 is 0 Å². The van der Waals surface area contributed by atoms with Gasteiger partial charge in [-0.05, 0) is 54.0 Å². The van der Waals surface area contributed by atoms with Crippen molar-refractivity contribution < 1.29 is 4.42 Å². The molecule has 0 spiro atoms. The second-order valence-electron chi connectivity index (χ2n) is 3.31. The highest BCUT2D eigenvalue weighted by molar-refractivity contribution is 9.10. The Balaban J connectivity index is 2.43. The molecule has 1 heterocycles. The zero-order chi connectivity index (χ0) is 10.4. The van der Waals surface area contributed by atoms with Gasteiger partial charge in [-0.3, -0.25) is 0 Å². The van der Waals surface area contributed by atoms with Crippen LogP contribution in [0.15, 0.2) is 26.8 Å². The van der Waals surface area contributed by atoms with Crippen molar-refractivity contribution in [3.63, 3.8) is 0 Å². The van der Waals surface area contributed by atoms with Gasteiger partial charge in [0, 0.05) is 6.54 Å². The second kappa shape index (κ2) is 6.04. The van der Waals surface area contributed by atoms with Gasteiger partial charge in [-0.15, -0.1) is 0 Å². The molecule has 14 heavy (non-hydrogen) atoms. The summed E-state index contributed by atoms with van der Waals surface area (Å²) in [5, 5.41) is 3.34. The largest absolute Gasteiger partial charge is 0.450 e. The molecule has 3 heteroatoms. The molecule has 0 fully saturated rings. The molecule has 0 bridgehead atoms. The van der Waals surface area contributed by atoms with Crippen LogP contribution in [0.1, 0.15) is 26.0 Å². The molecular weight excluding hydrogens is 242 g/mol. The fraction of sp³-hybridized carbons (Fsp3) is 0.455. The van der Waals surface area contributed by atoms with E-state index in [1.807, 2.05) is 18.2 Å². The van der Waals surface area contributed by atoms with E-state index in [0.29, 0.717) is 0 Å². The van der Waals surface area contributed by atoms with E-state index in [0.717, 1.165) is 23.5 Å². The van der Waals surface area contributed by atoms with E-state index in [9.17, 15) is 0 Å². The van der Waals surface area contributed by atoms with Crippen molar-refractivity contribution in [3.8, 4) is 0 Å². The summed E-state index contributed by atoms with van der Waals surface area (Å²) in [5.74, 6) is 0.896. The molecule has 1 N–H and O–H groups in total. The van der Waals surface area contributed by atoms with Gasteiger partial charge in [0.25, 0.3) is 0 Å². The van der Waals surface area contributed by atoms with Crippen molar-refractivity contribution in [2.45, 2.75) is 20.3 Å². The van der Waals surface area contributed by atoms with Crippen LogP contribution >= 0.6 is 15.9 Å². The summed E-state index contributed by atoms with van der Waals surface area (Å²) in [6.07, 6.45) is 3.22. The Kier molecular flexibility index (Phi) is 4.98. The first-order chi connectivity index (χ1) is 6.72. The highest BCUT2D eigenvalue weighted by Gasteiger charge is 1.96. The summed E-state index contributed by atoms with van der Waals surface area (Å²) < 4.78 is 6.15. The first kappa shape index (κ1) is 11.5. The second-order valence-corrected chi connectivity index (χ2v) is 4.09. The lowest BCUT2D eigenvalue weighted by Crippen LogP contribution is -2.16. The first-order valence-corrected chi connectivity index (χ1v) is 5.65. The van der Waals surface area contributed by atoms with Gasteiger partial charge in [0.2, 0.25) is 0 Å². The van der Waals surface area contributed by atoms with Gasteiger partial charge in [-0.25, -0.2) is 0 Å². The third kappa shape index (κ3) is 4.11. The van der Waals surface area contributed by atoms with Gasteiger partial charge < -0.3 is 9.73 Å². The molecule has 1 rings (SSSR count). The van der Waals surface area contributed by atoms with Crippen LogP contribution in [-0.2, 0) is 0 Å². The van der Waals surface area contributed by atoms with Crippen LogP contribution in [0, 0.1) is 0 Å². The fourth-order valence-electron chi connectivity index (χ4n) is 1.16. The van der Waals surface area contributed by atoms with Gasteiger partial charge in [-0.2, -0.15) is 0 Å². The Bertz CT molecular complexity index is 304. The third-order valence-corrected chi connectivity index (χ3v) is 2.24. The van der Waals surface area contributed by atoms with E-state index in [1.165, 1.54) is 12.0 Å². The molecule has 0 aliphatic rings. The summed E-state index contributed by atoms with van der Waals surface area (Å²) in [7, 11) is 0. The van der Waals surface area contributed by atoms with E-state index in [-0.39, 0.29) is 0 Å². The van der Waals surface area contributed by atoms with E-state index in [1.54, 1.807) is 0 Å². The Morgan fingerprint density at radius 1 is 1.57 bits per heavy atom. The Hall–Kier alpha value is -0.540. The Morgan fingerprint density at radius 3 is 2.93 bits per heavy atom. The standard InChI is InChI=1S/C11H16BrNO/c1-3-6-13-8-9(2)7-10-4-5-11(12)14-10/h4-5,7,13H,3,6,8H2,1-2H3. The number of rotatable bonds is 5. The number of halogens is 1. The van der Waals surface area contributed by atoms with Gasteiger partial charge >= 0.3 is 0 Å². The average Bonchev–Trinajstić information content (AvgIpc) is 2.52. The molecule has 0 amide bonds. The van der Waals surface area contributed by atoms with E-state index in [4.69, 9.17) is 4.42 Å². The number of hydrogen-bond donors (Lipinski definition) is 1. The molecule has 0 radical (unpaired) electrons. The van der Waals surface area contributed by atoms with E-state index >= 15 is 0 Å². The molecular formula is C11H16BrNO. The lowest BCUT2D eigenvalue weighted by Gasteiger charge is -2.01. The van der Waals surface area contributed by atoms with Crippen LogP contribution in [0.3, 0.4) is 0 Å². The van der Waals surface area contributed by atoms with Crippen LogP contribution in [0.4, 0.5) is 0 Å². The average molecular weight is 258 g/mol. The monoisotopic (exact) mass is 257 g/mol. The number of furan rings is 1. The van der Waals surface area contributed by atoms with Crippen LogP contribution in [0.5, 0.6) is 0 Å². The van der Waals surface area contributed by atoms with E-state index in [2.05, 4.69) is 35.1 Å². The molecule has 0 atom stereocenters. The van der Waals surface area contributed by atoms with Crippen molar-refractivity contribution in [1.29, 1.82) is 0 Å². The zero-order valence-corrected chi connectivity index (χ0v) is 10.2. The lowest BCUT2D eigenvalue weighted by molar-refractivity contribution is 0.531. The molecule has 0 aromatic carbocycles. The van der Waals surface area contributed by atoms with Crippen LogP contribution in [0.25, 0.3) is 6.08 Å². The van der Waals surface area contributed by atoms with Gasteiger partial charge in [0.15, 0.2) is 4.67 Å². The fourth-order valence-corrected chi connectivity index (χ4v) is 1.48. The van der Waals surface area contributed by atoms with Crippen molar-refractivity contribution in [3.05, 3.63) is 28.1 Å². The van der Waals surface area contributed by atoms with Crippen LogP contribution in [0.2, 0.25) is 0 Å². The molecule has 1 aromatic heterocycles. The quantitative estimate of drug-likeness (QED) is 0.818. The topological polar surface area (TPSA) is 25.2 Å². The Labute approximate surface area is 93.5 Å². The van der Waals surface area contributed by atoms with Crippen LogP contribution < -0.4 is 5.32 Å². The van der Waals surface area contributed by atoms with Crippen molar-refractivity contribution in [1.82, 2.24) is 5.32 Å². The lowest BCUT2D eigenvalue weighted by atomic mass is 10.2. The molecule has 78 valence electrons. The Morgan fingerprint density at radius 2 is 2.36 bits per heavy atom. The minimum atomic E-state index is 0.776. The molecule has 2 nitrogen and oxygen atoms in total. The summed E-state index contributed by atoms with van der Waals surface area (Å²) >= 11 is 3.27. The SMILES string of the molecule is CCCNCC(C)=Cc1ccc(Br)o1. The molecule has 0 aliphatic carbocycles. The molecule has 0 saturated heterocycles. The van der Waals surface area contributed by atoms with Crippen molar-refractivity contribution in [2.24, 2.45) is 0 Å². The summed E-state index contributed by atoms with van der Waals surface area (Å²) in [4.78, 5) is 0. The maximum atomic E-state index is 5.37. The van der Waals surface area contributed by atoms with Crippen LogP contribution in [-0.4, -0.2) is 13.1 Å². The smallest absolute Gasteiger partial charge is 0.169 e. The van der Waals surface area contributed by atoms with Crippen molar-refractivity contribution >= 4 is 22.0 Å². The van der Waals surface area contributed by atoms with Crippen molar-refractivity contribution in [2.75, 3.05) is 13.1 Å². The predicted molar refractivity (Wildman–Crippen MR) is 63.2 cm³/mol. The highest BCUT2D eigenvalue weighted by Crippen LogP contribution is 2.16. The normalized spacial score (nSPS) is 12.1. The first-order valence-electron chi connectivity index (χ1n) is 4.85.